The van der Waals surface area contributed by atoms with Gasteiger partial charge in [0, 0.05) is 47.0 Å². The molecule has 3 aliphatic heterocycles. The molecular formula is C40H51NO14. The predicted octanol–water partition coefficient (Wildman–Crippen LogP) is 3.10. The molecule has 1 aliphatic carbocycles. The summed E-state index contributed by atoms with van der Waals surface area (Å²) in [5.74, 6) is -8.68. The Bertz CT molecular complexity index is 1920. The Balaban J connectivity index is 2.07. The number of ether oxygens (including phenoxy) is 4. The number of phenolic OH excluding ortho intramolecular Hbond substituents is 1. The highest BCUT2D eigenvalue weighted by atomic mass is 16.7. The number of rotatable bonds is 2. The van der Waals surface area contributed by atoms with Crippen LogP contribution in [0.25, 0.3) is 5.57 Å². The van der Waals surface area contributed by atoms with E-state index in [1.54, 1.807) is 13.0 Å². The molecule has 55 heavy (non-hydrogen) atoms. The van der Waals surface area contributed by atoms with Crippen molar-refractivity contribution in [2.24, 2.45) is 23.7 Å². The number of Topliss-reactive ketones (excluding diaryl/α,β-unsaturated/α-hetero) is 1. The van der Waals surface area contributed by atoms with Gasteiger partial charge < -0.3 is 54.9 Å². The number of carbonyl (C=O) groups is 4. The SMILES string of the molecule is COC(=O)[C@@H]1[C@@H](O)[C@@H](C)[C@H](O)[C@@](C)(O)C=C(C)C2=C3C(=C(C)C(=O)c4c(O)c(c(C)c(OC(C)=O)c43)NC(=O)C(C)=CC=C[C@H](C)[C@@H](O)[C@@H](C)[C@@H]1O)OCO2. The van der Waals surface area contributed by atoms with Crippen LogP contribution in [0.1, 0.15) is 76.9 Å². The molecule has 1 amide bonds. The van der Waals surface area contributed by atoms with Crippen molar-refractivity contribution in [3.63, 3.8) is 0 Å². The Hall–Kier alpha value is -4.80. The summed E-state index contributed by atoms with van der Waals surface area (Å²) in [5.41, 5.74) is -2.34. The summed E-state index contributed by atoms with van der Waals surface area (Å²) < 4.78 is 22.3. The molecule has 7 N–H and O–H groups in total. The highest BCUT2D eigenvalue weighted by Gasteiger charge is 2.47. The van der Waals surface area contributed by atoms with E-state index in [-0.39, 0.29) is 61.9 Å². The van der Waals surface area contributed by atoms with Gasteiger partial charge in [-0.2, -0.15) is 0 Å². The molecule has 0 spiro atoms. The number of hydrogen-bond donors (Lipinski definition) is 7. The summed E-state index contributed by atoms with van der Waals surface area (Å²) in [6, 6.07) is 0. The Labute approximate surface area is 319 Å². The van der Waals surface area contributed by atoms with Crippen LogP contribution in [0.4, 0.5) is 5.69 Å². The van der Waals surface area contributed by atoms with Gasteiger partial charge in [-0.05, 0) is 46.3 Å². The van der Waals surface area contributed by atoms with Crippen LogP contribution in [-0.2, 0) is 28.6 Å². The van der Waals surface area contributed by atoms with E-state index in [4.69, 9.17) is 18.9 Å². The molecule has 1 aromatic rings. The van der Waals surface area contributed by atoms with Crippen LogP contribution in [0, 0.1) is 30.6 Å². The zero-order chi connectivity index (χ0) is 41.4. The summed E-state index contributed by atoms with van der Waals surface area (Å²) in [6.07, 6.45) is -0.878. The van der Waals surface area contributed by atoms with E-state index in [1.165, 1.54) is 66.7 Å². The second-order valence-corrected chi connectivity index (χ2v) is 14.7. The number of methoxy groups -OCH3 is 1. The van der Waals surface area contributed by atoms with Crippen LogP contribution < -0.4 is 10.1 Å². The number of nitrogens with one attached hydrogen (secondary N) is 1. The van der Waals surface area contributed by atoms with Gasteiger partial charge in [0.25, 0.3) is 5.91 Å². The minimum Gasteiger partial charge on any atom is -0.505 e. The van der Waals surface area contributed by atoms with Crippen LogP contribution in [0.5, 0.6) is 11.5 Å². The number of hydrogen-bond acceptors (Lipinski definition) is 14. The van der Waals surface area contributed by atoms with Crippen molar-refractivity contribution in [1.29, 1.82) is 0 Å². The molecule has 0 aromatic heterocycles. The fourth-order valence-corrected chi connectivity index (χ4v) is 7.28. The van der Waals surface area contributed by atoms with E-state index in [9.17, 15) is 49.8 Å². The van der Waals surface area contributed by atoms with Crippen molar-refractivity contribution in [3.8, 4) is 11.5 Å². The number of aromatic hydroxyl groups is 1. The highest BCUT2D eigenvalue weighted by molar-refractivity contribution is 6.21. The minimum absolute atomic E-state index is 0.00256. The number of benzene rings is 1. The minimum atomic E-state index is -2.17. The van der Waals surface area contributed by atoms with Gasteiger partial charge in [-0.3, -0.25) is 19.2 Å². The van der Waals surface area contributed by atoms with Crippen molar-refractivity contribution in [2.45, 2.75) is 92.3 Å². The maximum absolute atomic E-state index is 14.0. The average Bonchev–Trinajstić information content (AvgIpc) is 3.13. The number of carbonyl (C=O) groups excluding carboxylic acids is 4. The molecule has 0 saturated carbocycles. The van der Waals surface area contributed by atoms with Gasteiger partial charge in [0.2, 0.25) is 6.79 Å². The number of allylic oxidation sites excluding steroid dienone is 5. The van der Waals surface area contributed by atoms with Crippen LogP contribution in [0.2, 0.25) is 0 Å². The number of ketones is 1. The Kier molecular flexibility index (Phi) is 12.9. The van der Waals surface area contributed by atoms with Gasteiger partial charge in [-0.25, -0.2) is 0 Å². The van der Waals surface area contributed by atoms with Gasteiger partial charge in [-0.1, -0.05) is 39.0 Å². The van der Waals surface area contributed by atoms with Crippen LogP contribution in [0.3, 0.4) is 0 Å². The monoisotopic (exact) mass is 769 g/mol. The largest absolute Gasteiger partial charge is 0.505 e. The summed E-state index contributed by atoms with van der Waals surface area (Å²) in [7, 11) is 1.06. The molecule has 300 valence electrons. The molecule has 0 fully saturated rings. The lowest BCUT2D eigenvalue weighted by Crippen LogP contribution is -2.53. The average molecular weight is 770 g/mol. The molecule has 5 rings (SSSR count). The summed E-state index contributed by atoms with van der Waals surface area (Å²) in [5, 5.41) is 71.8. The lowest BCUT2D eigenvalue weighted by atomic mass is 9.75. The molecule has 9 atom stereocenters. The molecular weight excluding hydrogens is 718 g/mol. The third-order valence-electron chi connectivity index (χ3n) is 10.6. The first-order valence-electron chi connectivity index (χ1n) is 17.8. The molecule has 15 heteroatoms. The van der Waals surface area contributed by atoms with E-state index in [1.807, 2.05) is 0 Å². The lowest BCUT2D eigenvalue weighted by molar-refractivity contribution is -0.168. The van der Waals surface area contributed by atoms with Crippen LogP contribution in [0.15, 0.2) is 52.5 Å². The summed E-state index contributed by atoms with van der Waals surface area (Å²) >= 11 is 0. The van der Waals surface area contributed by atoms with E-state index < -0.39 is 89.9 Å². The smallest absolute Gasteiger partial charge is 0.313 e. The van der Waals surface area contributed by atoms with Gasteiger partial charge >= 0.3 is 11.9 Å². The second kappa shape index (κ2) is 16.5. The van der Waals surface area contributed by atoms with Crippen molar-refractivity contribution in [3.05, 3.63) is 69.2 Å². The van der Waals surface area contributed by atoms with Gasteiger partial charge in [-0.15, -0.1) is 0 Å². The first-order valence-corrected chi connectivity index (χ1v) is 17.8. The Morgan fingerprint density at radius 1 is 0.909 bits per heavy atom. The molecule has 0 saturated heterocycles. The number of aliphatic hydroxyl groups excluding tert-OH is 4. The van der Waals surface area contributed by atoms with Gasteiger partial charge in [0.1, 0.15) is 28.8 Å². The molecule has 4 bridgehead atoms. The maximum Gasteiger partial charge on any atom is 0.313 e. The first kappa shape index (κ1) is 42.9. The fraction of sp³-hybridized carbons (Fsp3) is 0.500. The van der Waals surface area contributed by atoms with E-state index >= 15 is 0 Å². The number of aliphatic hydroxyl groups is 5. The van der Waals surface area contributed by atoms with Gasteiger partial charge in [0.15, 0.2) is 11.5 Å². The number of amides is 1. The number of anilines is 1. The summed E-state index contributed by atoms with van der Waals surface area (Å²) in [4.78, 5) is 53.0. The molecule has 0 radical (unpaired) electrons. The topological polar surface area (TPSA) is 239 Å². The standard InChI is InChI=1S/C40H51NO14/c1-16-12-11-13-17(2)38(49)41-28-19(4)36(55-23(8)42)24-25(33(28)47)31(45)21(6)35-26(24)34(53-15-54-35)18(3)14-40(9,51)37(48)22(7)32(46)27(39(50)52-10)30(44)20(5)29(16)43/h11-14,16,20,22,27,29-30,32,37,43-44,46-48,51H,15H2,1-10H3,(H,41,49)/t16-,20+,22+,27-,29+,30-,32-,37-,40-/m0/s1. The van der Waals surface area contributed by atoms with Gasteiger partial charge in [0.05, 0.1) is 48.3 Å². The van der Waals surface area contributed by atoms with Crippen LogP contribution in [-0.4, -0.2) is 98.2 Å². The predicted molar refractivity (Wildman–Crippen MR) is 198 cm³/mol. The quantitative estimate of drug-likeness (QED) is 0.130. The Morgan fingerprint density at radius 3 is 2.11 bits per heavy atom. The van der Waals surface area contributed by atoms with E-state index in [2.05, 4.69) is 5.32 Å². The molecule has 3 heterocycles. The highest BCUT2D eigenvalue weighted by Crippen LogP contribution is 2.53. The van der Waals surface area contributed by atoms with E-state index in [0.29, 0.717) is 0 Å². The molecule has 1 aromatic carbocycles. The van der Waals surface area contributed by atoms with E-state index in [0.717, 1.165) is 14.0 Å². The molecule has 4 aliphatic rings. The van der Waals surface area contributed by atoms with Crippen molar-refractivity contribution < 1.29 is 68.8 Å². The second-order valence-electron chi connectivity index (χ2n) is 14.7. The maximum atomic E-state index is 14.0. The zero-order valence-corrected chi connectivity index (χ0v) is 32.6. The normalized spacial score (nSPS) is 30.8. The number of esters is 2. The van der Waals surface area contributed by atoms with Crippen molar-refractivity contribution in [2.75, 3.05) is 19.2 Å². The number of fused-ring (bicyclic) bond motifs is 14. The summed E-state index contributed by atoms with van der Waals surface area (Å²) in [6.45, 7) is 12.3. The fourth-order valence-electron chi connectivity index (χ4n) is 7.28. The molecule has 0 unspecified atom stereocenters. The zero-order valence-electron chi connectivity index (χ0n) is 32.6. The first-order chi connectivity index (χ1) is 25.6. The lowest BCUT2D eigenvalue weighted by Gasteiger charge is -2.39. The third kappa shape index (κ3) is 8.12. The molecule has 15 nitrogen and oxygen atoms in total. The Morgan fingerprint density at radius 2 is 1.51 bits per heavy atom. The van der Waals surface area contributed by atoms with Crippen molar-refractivity contribution >= 4 is 34.9 Å². The van der Waals surface area contributed by atoms with Crippen molar-refractivity contribution in [1.82, 2.24) is 0 Å². The third-order valence-corrected chi connectivity index (χ3v) is 10.6. The van der Waals surface area contributed by atoms with Crippen LogP contribution >= 0.6 is 0 Å². The number of phenols is 1.